The Morgan fingerprint density at radius 1 is 0.950 bits per heavy atom. The second-order valence-electron chi connectivity index (χ2n) is 5.15. The third-order valence-corrected chi connectivity index (χ3v) is 4.33. The van der Waals surface area contributed by atoms with Crippen LogP contribution in [-0.2, 0) is 5.41 Å². The van der Waals surface area contributed by atoms with Crippen molar-refractivity contribution in [2.45, 2.75) is 38.2 Å². The van der Waals surface area contributed by atoms with Crippen LogP contribution in [0.3, 0.4) is 0 Å². The van der Waals surface area contributed by atoms with E-state index in [0.717, 1.165) is 18.4 Å². The first-order valence-electron chi connectivity index (χ1n) is 7.13. The molecule has 1 nitrogen and oxygen atoms in total. The molecule has 0 spiro atoms. The van der Waals surface area contributed by atoms with Gasteiger partial charge < -0.3 is 5.11 Å². The van der Waals surface area contributed by atoms with E-state index in [0.29, 0.717) is 5.56 Å². The number of aliphatic hydroxyl groups is 1. The Kier molecular flexibility index (Phi) is 4.56. The Morgan fingerprint density at radius 3 is 2.05 bits per heavy atom. The van der Waals surface area contributed by atoms with Gasteiger partial charge in [-0.05, 0) is 24.5 Å². The van der Waals surface area contributed by atoms with Crippen molar-refractivity contribution < 1.29 is 9.50 Å². The molecule has 106 valence electrons. The highest BCUT2D eigenvalue weighted by molar-refractivity contribution is 5.32. The van der Waals surface area contributed by atoms with Crippen LogP contribution in [0.5, 0.6) is 0 Å². The van der Waals surface area contributed by atoms with E-state index in [-0.39, 0.29) is 5.82 Å². The molecule has 0 amide bonds. The standard InChI is InChI=1S/C18H21FO/c1-3-18(4-2,14-10-6-5-7-11-14)17(20)15-12-8-9-13-16(15)19/h5-13,17,20H,3-4H2,1-2H3. The average Bonchev–Trinajstić information content (AvgIpc) is 2.50. The van der Waals surface area contributed by atoms with Crippen molar-refractivity contribution in [2.75, 3.05) is 0 Å². The Hall–Kier alpha value is -1.67. The molecule has 0 heterocycles. The van der Waals surface area contributed by atoms with Crippen molar-refractivity contribution in [3.8, 4) is 0 Å². The maximum absolute atomic E-state index is 14.0. The SMILES string of the molecule is CCC(CC)(c1ccccc1)C(O)c1ccccc1F. The fraction of sp³-hybridized carbons (Fsp3) is 0.333. The summed E-state index contributed by atoms with van der Waals surface area (Å²) in [6.45, 7) is 4.08. The number of rotatable bonds is 5. The van der Waals surface area contributed by atoms with Gasteiger partial charge in [0.25, 0.3) is 0 Å². The fourth-order valence-electron chi connectivity index (χ4n) is 2.97. The van der Waals surface area contributed by atoms with E-state index in [1.54, 1.807) is 18.2 Å². The van der Waals surface area contributed by atoms with Crippen LogP contribution in [0.25, 0.3) is 0 Å². The summed E-state index contributed by atoms with van der Waals surface area (Å²) < 4.78 is 14.0. The number of halogens is 1. The van der Waals surface area contributed by atoms with Gasteiger partial charge in [0.2, 0.25) is 0 Å². The van der Waals surface area contributed by atoms with Crippen LogP contribution in [0.4, 0.5) is 4.39 Å². The van der Waals surface area contributed by atoms with Crippen molar-refractivity contribution in [3.63, 3.8) is 0 Å². The van der Waals surface area contributed by atoms with Crippen molar-refractivity contribution in [1.82, 2.24) is 0 Å². The summed E-state index contributed by atoms with van der Waals surface area (Å²) in [6, 6.07) is 16.4. The minimum atomic E-state index is -0.846. The third kappa shape index (κ3) is 2.48. The Labute approximate surface area is 120 Å². The molecular weight excluding hydrogens is 251 g/mol. The first-order chi connectivity index (χ1) is 9.65. The van der Waals surface area contributed by atoms with Gasteiger partial charge in [0.1, 0.15) is 5.82 Å². The molecule has 1 N–H and O–H groups in total. The molecule has 2 heteroatoms. The molecule has 0 saturated heterocycles. The molecular formula is C18H21FO. The lowest BCUT2D eigenvalue weighted by molar-refractivity contribution is 0.0695. The molecule has 0 aliphatic heterocycles. The van der Waals surface area contributed by atoms with Gasteiger partial charge in [-0.2, -0.15) is 0 Å². The summed E-state index contributed by atoms with van der Waals surface area (Å²) in [5.74, 6) is -0.345. The molecule has 2 aromatic rings. The molecule has 1 unspecified atom stereocenters. The number of aliphatic hydroxyl groups excluding tert-OH is 1. The molecule has 1 atom stereocenters. The van der Waals surface area contributed by atoms with Crippen molar-refractivity contribution in [1.29, 1.82) is 0 Å². The molecule has 0 aromatic heterocycles. The fourth-order valence-corrected chi connectivity index (χ4v) is 2.97. The molecule has 0 aliphatic rings. The van der Waals surface area contributed by atoms with E-state index in [4.69, 9.17) is 0 Å². The summed E-state index contributed by atoms with van der Waals surface area (Å²) in [4.78, 5) is 0. The highest BCUT2D eigenvalue weighted by Crippen LogP contribution is 2.43. The quantitative estimate of drug-likeness (QED) is 0.842. The first kappa shape index (κ1) is 14.7. The largest absolute Gasteiger partial charge is 0.387 e. The topological polar surface area (TPSA) is 20.2 Å². The molecule has 20 heavy (non-hydrogen) atoms. The van der Waals surface area contributed by atoms with Crippen LogP contribution in [-0.4, -0.2) is 5.11 Å². The zero-order valence-electron chi connectivity index (χ0n) is 12.0. The van der Waals surface area contributed by atoms with E-state index in [2.05, 4.69) is 0 Å². The summed E-state index contributed by atoms with van der Waals surface area (Å²) in [5.41, 5.74) is 0.976. The summed E-state index contributed by atoms with van der Waals surface area (Å²) in [7, 11) is 0. The minimum absolute atomic E-state index is 0.345. The van der Waals surface area contributed by atoms with Crippen molar-refractivity contribution in [3.05, 3.63) is 71.5 Å². The summed E-state index contributed by atoms with van der Waals surface area (Å²) >= 11 is 0. The Bertz CT molecular complexity index is 546. The number of hydrogen-bond donors (Lipinski definition) is 1. The lowest BCUT2D eigenvalue weighted by Crippen LogP contribution is -2.33. The van der Waals surface area contributed by atoms with Crippen LogP contribution in [0.1, 0.15) is 43.9 Å². The zero-order valence-corrected chi connectivity index (χ0v) is 12.0. The highest BCUT2D eigenvalue weighted by Gasteiger charge is 2.38. The van der Waals surface area contributed by atoms with Crippen LogP contribution in [0.15, 0.2) is 54.6 Å². The molecule has 0 bridgehead atoms. The highest BCUT2D eigenvalue weighted by atomic mass is 19.1. The molecule has 0 aliphatic carbocycles. The van der Waals surface area contributed by atoms with Gasteiger partial charge in [-0.15, -0.1) is 0 Å². The summed E-state index contributed by atoms with van der Waals surface area (Å²) in [6.07, 6.45) is 0.660. The van der Waals surface area contributed by atoms with E-state index in [1.165, 1.54) is 6.07 Å². The second kappa shape index (κ2) is 6.19. The van der Waals surface area contributed by atoms with Gasteiger partial charge in [0.05, 0.1) is 6.10 Å². The minimum Gasteiger partial charge on any atom is -0.387 e. The van der Waals surface area contributed by atoms with Crippen LogP contribution in [0, 0.1) is 5.82 Å². The van der Waals surface area contributed by atoms with Gasteiger partial charge in [0.15, 0.2) is 0 Å². The third-order valence-electron chi connectivity index (χ3n) is 4.33. The summed E-state index contributed by atoms with van der Waals surface area (Å²) in [5, 5.41) is 10.8. The van der Waals surface area contributed by atoms with E-state index in [1.807, 2.05) is 44.2 Å². The zero-order chi connectivity index (χ0) is 14.6. The van der Waals surface area contributed by atoms with E-state index in [9.17, 15) is 9.50 Å². The Morgan fingerprint density at radius 2 is 1.50 bits per heavy atom. The number of benzene rings is 2. The van der Waals surface area contributed by atoms with Gasteiger partial charge in [-0.3, -0.25) is 0 Å². The molecule has 0 radical (unpaired) electrons. The smallest absolute Gasteiger partial charge is 0.129 e. The normalized spacial score (nSPS) is 13.2. The lowest BCUT2D eigenvalue weighted by Gasteiger charge is -2.37. The molecule has 2 aromatic carbocycles. The van der Waals surface area contributed by atoms with Crippen molar-refractivity contribution in [2.24, 2.45) is 0 Å². The molecule has 0 fully saturated rings. The average molecular weight is 272 g/mol. The monoisotopic (exact) mass is 272 g/mol. The maximum atomic E-state index is 14.0. The second-order valence-corrected chi connectivity index (χ2v) is 5.15. The predicted molar refractivity (Wildman–Crippen MR) is 80.1 cm³/mol. The van der Waals surface area contributed by atoms with Gasteiger partial charge in [0, 0.05) is 11.0 Å². The van der Waals surface area contributed by atoms with E-state index >= 15 is 0 Å². The van der Waals surface area contributed by atoms with Crippen LogP contribution in [0.2, 0.25) is 0 Å². The van der Waals surface area contributed by atoms with Crippen LogP contribution < -0.4 is 0 Å². The first-order valence-corrected chi connectivity index (χ1v) is 7.13. The Balaban J connectivity index is 2.51. The predicted octanol–water partition coefficient (Wildman–Crippen LogP) is 4.62. The molecule has 0 saturated carbocycles. The van der Waals surface area contributed by atoms with Gasteiger partial charge in [-0.25, -0.2) is 4.39 Å². The van der Waals surface area contributed by atoms with Crippen LogP contribution >= 0.6 is 0 Å². The van der Waals surface area contributed by atoms with Gasteiger partial charge >= 0.3 is 0 Å². The number of hydrogen-bond acceptors (Lipinski definition) is 1. The lowest BCUT2D eigenvalue weighted by atomic mass is 9.69. The molecule has 2 rings (SSSR count). The van der Waals surface area contributed by atoms with Gasteiger partial charge in [-0.1, -0.05) is 62.4 Å². The maximum Gasteiger partial charge on any atom is 0.129 e. The van der Waals surface area contributed by atoms with E-state index < -0.39 is 11.5 Å². The van der Waals surface area contributed by atoms with Crippen molar-refractivity contribution >= 4 is 0 Å².